The number of rotatable bonds is 9. The second kappa shape index (κ2) is 11.1. The summed E-state index contributed by atoms with van der Waals surface area (Å²) in [5.74, 6) is 0.842. The molecule has 3 rings (SSSR count). The van der Waals surface area contributed by atoms with E-state index in [9.17, 15) is 25.5 Å². The van der Waals surface area contributed by atoms with Crippen LogP contribution >= 0.6 is 15.9 Å². The first kappa shape index (κ1) is 24.4. The molecule has 0 aliphatic rings. The molecule has 0 heterocycles. The molecule has 0 atom stereocenters. The van der Waals surface area contributed by atoms with Gasteiger partial charge in [-0.3, -0.25) is 20.2 Å². The van der Waals surface area contributed by atoms with Gasteiger partial charge in [-0.25, -0.2) is 0 Å². The van der Waals surface area contributed by atoms with Crippen molar-refractivity contribution in [3.63, 3.8) is 0 Å². The number of hydrogen-bond acceptors (Lipinski definition) is 7. The van der Waals surface area contributed by atoms with Gasteiger partial charge in [-0.1, -0.05) is 12.1 Å². The Hall–Kier alpha value is -4.23. The SMILES string of the molecule is CCOc1cc(/C=C(/C#N)c2ccc([N+](=O)[O-])cc2)cc(Br)c1OCc1cccc([N+](=O)[O-])c1. The lowest BCUT2D eigenvalue weighted by Crippen LogP contribution is -2.01. The lowest BCUT2D eigenvalue weighted by atomic mass is 10.0. The summed E-state index contributed by atoms with van der Waals surface area (Å²) >= 11 is 3.47. The molecule has 3 aromatic rings. The lowest BCUT2D eigenvalue weighted by molar-refractivity contribution is -0.385. The number of nitro benzene ring substituents is 2. The van der Waals surface area contributed by atoms with E-state index >= 15 is 0 Å². The van der Waals surface area contributed by atoms with Crippen molar-refractivity contribution < 1.29 is 19.3 Å². The second-order valence-electron chi connectivity index (χ2n) is 6.95. The van der Waals surface area contributed by atoms with Crippen molar-refractivity contribution in [2.45, 2.75) is 13.5 Å². The van der Waals surface area contributed by atoms with E-state index in [-0.39, 0.29) is 18.0 Å². The van der Waals surface area contributed by atoms with Gasteiger partial charge in [0.15, 0.2) is 11.5 Å². The van der Waals surface area contributed by atoms with Crippen molar-refractivity contribution >= 4 is 39.0 Å². The zero-order valence-corrected chi connectivity index (χ0v) is 19.5. The predicted octanol–water partition coefficient (Wildman–Crippen LogP) is 6.31. The maximum atomic E-state index is 11.0. The van der Waals surface area contributed by atoms with Crippen LogP contribution in [-0.2, 0) is 6.61 Å². The third-order valence-electron chi connectivity index (χ3n) is 4.66. The van der Waals surface area contributed by atoms with Gasteiger partial charge in [0.1, 0.15) is 6.61 Å². The smallest absolute Gasteiger partial charge is 0.269 e. The fourth-order valence-corrected chi connectivity index (χ4v) is 3.67. The fourth-order valence-electron chi connectivity index (χ4n) is 3.10. The molecule has 0 bridgehead atoms. The molecule has 0 unspecified atom stereocenters. The number of nitro groups is 2. The van der Waals surface area contributed by atoms with Crippen molar-refractivity contribution in [1.29, 1.82) is 5.26 Å². The highest BCUT2D eigenvalue weighted by atomic mass is 79.9. The quantitative estimate of drug-likeness (QED) is 0.139. The summed E-state index contributed by atoms with van der Waals surface area (Å²) in [6.45, 7) is 2.26. The molecule has 0 amide bonds. The highest BCUT2D eigenvalue weighted by Crippen LogP contribution is 2.38. The number of nitrogens with zero attached hydrogens (tertiary/aromatic N) is 3. The summed E-state index contributed by atoms with van der Waals surface area (Å²) in [5.41, 5.74) is 2.03. The van der Waals surface area contributed by atoms with Crippen molar-refractivity contribution in [1.82, 2.24) is 0 Å². The van der Waals surface area contributed by atoms with Gasteiger partial charge >= 0.3 is 0 Å². The molecule has 0 aromatic heterocycles. The van der Waals surface area contributed by atoms with Crippen LogP contribution < -0.4 is 9.47 Å². The van der Waals surface area contributed by atoms with Crippen LogP contribution in [0.2, 0.25) is 0 Å². The van der Waals surface area contributed by atoms with Crippen LogP contribution in [0.3, 0.4) is 0 Å². The van der Waals surface area contributed by atoms with Gasteiger partial charge in [0, 0.05) is 24.3 Å². The van der Waals surface area contributed by atoms with E-state index in [4.69, 9.17) is 9.47 Å². The maximum absolute atomic E-state index is 11.0. The molecular formula is C24H18BrN3O6. The molecule has 0 radical (unpaired) electrons. The first-order valence-corrected chi connectivity index (χ1v) is 10.8. The molecule has 0 spiro atoms. The summed E-state index contributed by atoms with van der Waals surface area (Å²) in [6.07, 6.45) is 1.64. The molecule has 34 heavy (non-hydrogen) atoms. The van der Waals surface area contributed by atoms with Crippen LogP contribution in [0.15, 0.2) is 65.1 Å². The normalized spacial score (nSPS) is 10.9. The summed E-state index contributed by atoms with van der Waals surface area (Å²) in [4.78, 5) is 20.9. The number of non-ortho nitro benzene ring substituents is 2. The zero-order valence-electron chi connectivity index (χ0n) is 17.9. The first-order chi connectivity index (χ1) is 16.3. The number of allylic oxidation sites excluding steroid dienone is 1. The van der Waals surface area contributed by atoms with Gasteiger partial charge in [0.25, 0.3) is 11.4 Å². The maximum Gasteiger partial charge on any atom is 0.269 e. The third kappa shape index (κ3) is 5.96. The van der Waals surface area contributed by atoms with E-state index in [2.05, 4.69) is 22.0 Å². The first-order valence-electron chi connectivity index (χ1n) is 10.0. The van der Waals surface area contributed by atoms with Crippen LogP contribution in [-0.4, -0.2) is 16.5 Å². The van der Waals surface area contributed by atoms with E-state index in [0.29, 0.717) is 44.8 Å². The Kier molecular flexibility index (Phi) is 7.95. The van der Waals surface area contributed by atoms with Crippen LogP contribution in [0.4, 0.5) is 11.4 Å². The molecule has 0 saturated heterocycles. The van der Waals surface area contributed by atoms with E-state index in [0.717, 1.165) is 0 Å². The summed E-state index contributed by atoms with van der Waals surface area (Å²) in [6, 6.07) is 17.4. The molecule has 0 saturated carbocycles. The summed E-state index contributed by atoms with van der Waals surface area (Å²) in [7, 11) is 0. The van der Waals surface area contributed by atoms with Crippen molar-refractivity contribution in [3.8, 4) is 17.6 Å². The number of halogens is 1. The Bertz CT molecular complexity index is 1300. The Morgan fingerprint density at radius 2 is 1.74 bits per heavy atom. The highest BCUT2D eigenvalue weighted by Gasteiger charge is 2.14. The topological polar surface area (TPSA) is 129 Å². The lowest BCUT2D eigenvalue weighted by Gasteiger charge is -2.15. The standard InChI is InChI=1S/C24H18BrN3O6/c1-2-33-23-13-17(10-19(14-26)18-6-8-20(9-7-18)27(29)30)12-22(25)24(23)34-15-16-4-3-5-21(11-16)28(31)32/h3-13H,2,15H2,1H3/b19-10-. The molecule has 0 fully saturated rings. The molecule has 0 aliphatic carbocycles. The predicted molar refractivity (Wildman–Crippen MR) is 129 cm³/mol. The molecule has 3 aromatic carbocycles. The van der Waals surface area contributed by atoms with Crippen LogP contribution in [0.1, 0.15) is 23.6 Å². The van der Waals surface area contributed by atoms with E-state index in [1.54, 1.807) is 30.3 Å². The van der Waals surface area contributed by atoms with Gasteiger partial charge in [0.05, 0.1) is 32.6 Å². The van der Waals surface area contributed by atoms with Crippen LogP contribution in [0.25, 0.3) is 11.6 Å². The third-order valence-corrected chi connectivity index (χ3v) is 5.25. The Morgan fingerprint density at radius 1 is 1.03 bits per heavy atom. The van der Waals surface area contributed by atoms with Gasteiger partial charge in [0.2, 0.25) is 0 Å². The summed E-state index contributed by atoms with van der Waals surface area (Å²) < 4.78 is 12.2. The largest absolute Gasteiger partial charge is 0.490 e. The van der Waals surface area contributed by atoms with Gasteiger partial charge in [-0.15, -0.1) is 0 Å². The monoisotopic (exact) mass is 523 g/mol. The molecule has 172 valence electrons. The number of hydrogen-bond donors (Lipinski definition) is 0. The number of ether oxygens (including phenoxy) is 2. The summed E-state index contributed by atoms with van der Waals surface area (Å²) in [5, 5.41) is 31.5. The fraction of sp³-hybridized carbons (Fsp3) is 0.125. The van der Waals surface area contributed by atoms with E-state index < -0.39 is 9.85 Å². The van der Waals surface area contributed by atoms with Gasteiger partial charge in [-0.05, 0) is 69.9 Å². The van der Waals surface area contributed by atoms with Gasteiger partial charge in [-0.2, -0.15) is 5.26 Å². The van der Waals surface area contributed by atoms with Crippen LogP contribution in [0, 0.1) is 31.6 Å². The Morgan fingerprint density at radius 3 is 2.35 bits per heavy atom. The average Bonchev–Trinajstić information content (AvgIpc) is 2.82. The molecular weight excluding hydrogens is 506 g/mol. The molecule has 9 nitrogen and oxygen atoms in total. The Balaban J connectivity index is 1.90. The van der Waals surface area contributed by atoms with E-state index in [1.165, 1.54) is 36.4 Å². The zero-order chi connectivity index (χ0) is 24.7. The number of nitriles is 1. The van der Waals surface area contributed by atoms with Crippen molar-refractivity contribution in [2.75, 3.05) is 6.61 Å². The van der Waals surface area contributed by atoms with Crippen molar-refractivity contribution in [3.05, 3.63) is 102 Å². The minimum absolute atomic E-state index is 0.0269. The minimum Gasteiger partial charge on any atom is -0.490 e. The minimum atomic E-state index is -0.503. The highest BCUT2D eigenvalue weighted by molar-refractivity contribution is 9.10. The van der Waals surface area contributed by atoms with Crippen LogP contribution in [0.5, 0.6) is 11.5 Å². The molecule has 0 aliphatic heterocycles. The molecule has 0 N–H and O–H groups in total. The van der Waals surface area contributed by atoms with Crippen molar-refractivity contribution in [2.24, 2.45) is 0 Å². The van der Waals surface area contributed by atoms with E-state index in [1.807, 2.05) is 6.92 Å². The average molecular weight is 524 g/mol. The second-order valence-corrected chi connectivity index (χ2v) is 7.81. The molecule has 10 heteroatoms. The van der Waals surface area contributed by atoms with Gasteiger partial charge < -0.3 is 9.47 Å². The Labute approximate surface area is 203 Å². The number of benzene rings is 3.